The Morgan fingerprint density at radius 1 is 1.09 bits per heavy atom. The molecule has 0 fully saturated rings. The van der Waals surface area contributed by atoms with Crippen LogP contribution >= 0.6 is 0 Å². The van der Waals surface area contributed by atoms with E-state index in [9.17, 15) is 21.6 Å². The zero-order chi connectivity index (χ0) is 24.0. The second-order valence-corrected chi connectivity index (χ2v) is 9.46. The summed E-state index contributed by atoms with van der Waals surface area (Å²) in [6.45, 7) is 1.48. The van der Waals surface area contributed by atoms with Gasteiger partial charge in [-0.1, -0.05) is 19.1 Å². The van der Waals surface area contributed by atoms with Crippen molar-refractivity contribution in [2.45, 2.75) is 18.0 Å². The molecule has 0 aliphatic heterocycles. The number of hydrogen-bond acceptors (Lipinski definition) is 6. The quantitative estimate of drug-likeness (QED) is 0.438. The fourth-order valence-corrected chi connectivity index (χ4v) is 4.44. The van der Waals surface area contributed by atoms with Crippen molar-refractivity contribution < 1.29 is 21.6 Å². The first-order valence-corrected chi connectivity index (χ1v) is 11.3. The van der Waals surface area contributed by atoms with Crippen LogP contribution in [-0.4, -0.2) is 33.7 Å². The molecule has 0 N–H and O–H groups in total. The van der Waals surface area contributed by atoms with Crippen LogP contribution in [0.15, 0.2) is 53.7 Å². The molecule has 0 atom stereocenters. The number of aromatic nitrogens is 4. The molecule has 0 aliphatic carbocycles. The summed E-state index contributed by atoms with van der Waals surface area (Å²) in [4.78, 5) is 11.9. The van der Waals surface area contributed by atoms with Gasteiger partial charge in [-0.2, -0.15) is 18.4 Å². The molecular formula is C22H16F3N5O2S. The number of pyridine rings is 2. The first kappa shape index (κ1) is 22.4. The standard InChI is InChI=1S/C22H16F3N5O2S/c1-3-33(31,32)18-8-15(14-6-4-5-13(7-14)10-26)11-28-20(18)21-29-16-9-19(22(23,24)25)27-12-17(16)30(21)2/h4-9,11-12H,3H2,1-2H3. The van der Waals surface area contributed by atoms with Crippen LogP contribution in [0.5, 0.6) is 0 Å². The minimum Gasteiger partial charge on any atom is -0.324 e. The van der Waals surface area contributed by atoms with Gasteiger partial charge < -0.3 is 4.57 Å². The Hall–Kier alpha value is -3.78. The maximum atomic E-state index is 13.1. The number of fused-ring (bicyclic) bond motifs is 1. The van der Waals surface area contributed by atoms with E-state index in [2.05, 4.69) is 15.0 Å². The summed E-state index contributed by atoms with van der Waals surface area (Å²) in [5.41, 5.74) is 0.714. The van der Waals surface area contributed by atoms with E-state index in [1.807, 2.05) is 6.07 Å². The summed E-state index contributed by atoms with van der Waals surface area (Å²) in [6.07, 6.45) is -2.15. The van der Waals surface area contributed by atoms with Gasteiger partial charge in [-0.25, -0.2) is 18.4 Å². The predicted octanol–water partition coefficient (Wildman–Crippen LogP) is 4.38. The molecule has 0 unspecified atom stereocenters. The number of rotatable bonds is 4. The fourth-order valence-electron chi connectivity index (χ4n) is 3.39. The molecule has 4 rings (SSSR count). The number of hydrogen-bond donors (Lipinski definition) is 0. The SMILES string of the molecule is CCS(=O)(=O)c1cc(-c2cccc(C#N)c2)cnc1-c1nc2cc(C(F)(F)F)ncc2n1C. The molecule has 33 heavy (non-hydrogen) atoms. The predicted molar refractivity (Wildman–Crippen MR) is 115 cm³/mol. The van der Waals surface area contributed by atoms with Crippen LogP contribution < -0.4 is 0 Å². The summed E-state index contributed by atoms with van der Waals surface area (Å²) in [7, 11) is -2.24. The molecular weight excluding hydrogens is 455 g/mol. The minimum absolute atomic E-state index is 0.0160. The highest BCUT2D eigenvalue weighted by Gasteiger charge is 2.33. The van der Waals surface area contributed by atoms with Gasteiger partial charge in [0.05, 0.1) is 39.5 Å². The number of alkyl halides is 3. The van der Waals surface area contributed by atoms with E-state index >= 15 is 0 Å². The molecule has 0 saturated carbocycles. The van der Waals surface area contributed by atoms with Crippen LogP contribution in [0.4, 0.5) is 13.2 Å². The third kappa shape index (κ3) is 4.05. The van der Waals surface area contributed by atoms with E-state index in [1.165, 1.54) is 23.8 Å². The summed E-state index contributed by atoms with van der Waals surface area (Å²) < 4.78 is 66.5. The fraction of sp³-hybridized carbons (Fsp3) is 0.182. The lowest BCUT2D eigenvalue weighted by molar-refractivity contribution is -0.141. The van der Waals surface area contributed by atoms with Gasteiger partial charge >= 0.3 is 6.18 Å². The highest BCUT2D eigenvalue weighted by molar-refractivity contribution is 7.91. The number of nitrogens with zero attached hydrogens (tertiary/aromatic N) is 5. The molecule has 0 spiro atoms. The number of halogens is 3. The Morgan fingerprint density at radius 2 is 1.85 bits per heavy atom. The number of imidazole rings is 1. The van der Waals surface area contributed by atoms with Crippen molar-refractivity contribution in [2.24, 2.45) is 7.05 Å². The van der Waals surface area contributed by atoms with E-state index in [1.54, 1.807) is 31.3 Å². The second-order valence-electron chi connectivity index (χ2n) is 7.22. The number of aryl methyl sites for hydroxylation is 1. The largest absolute Gasteiger partial charge is 0.433 e. The van der Waals surface area contributed by atoms with E-state index in [4.69, 9.17) is 5.26 Å². The molecule has 1 aromatic carbocycles. The zero-order valence-electron chi connectivity index (χ0n) is 17.4. The maximum Gasteiger partial charge on any atom is 0.433 e. The minimum atomic E-state index is -4.64. The van der Waals surface area contributed by atoms with Crippen LogP contribution in [0.2, 0.25) is 0 Å². The van der Waals surface area contributed by atoms with Gasteiger partial charge in [-0.15, -0.1) is 0 Å². The van der Waals surface area contributed by atoms with Crippen molar-refractivity contribution in [3.8, 4) is 28.7 Å². The molecule has 0 aliphatic rings. The van der Waals surface area contributed by atoms with Gasteiger partial charge in [0.1, 0.15) is 11.4 Å². The van der Waals surface area contributed by atoms with Crippen molar-refractivity contribution in [3.63, 3.8) is 0 Å². The topological polar surface area (TPSA) is 102 Å². The van der Waals surface area contributed by atoms with Crippen LogP contribution in [0.3, 0.4) is 0 Å². The van der Waals surface area contributed by atoms with E-state index in [-0.39, 0.29) is 27.7 Å². The van der Waals surface area contributed by atoms with E-state index in [0.717, 1.165) is 12.3 Å². The molecule has 3 aromatic heterocycles. The van der Waals surface area contributed by atoms with Crippen molar-refractivity contribution in [1.82, 2.24) is 19.5 Å². The molecule has 11 heteroatoms. The summed E-state index contributed by atoms with van der Waals surface area (Å²) in [5.74, 6) is -0.122. The van der Waals surface area contributed by atoms with Gasteiger partial charge in [-0.05, 0) is 29.8 Å². The molecule has 0 radical (unpaired) electrons. The molecule has 3 heterocycles. The van der Waals surface area contributed by atoms with Crippen molar-refractivity contribution >= 4 is 20.9 Å². The Morgan fingerprint density at radius 3 is 2.52 bits per heavy atom. The summed E-state index contributed by atoms with van der Waals surface area (Å²) in [5, 5.41) is 9.15. The van der Waals surface area contributed by atoms with Crippen LogP contribution in [0.25, 0.3) is 33.7 Å². The monoisotopic (exact) mass is 471 g/mol. The van der Waals surface area contributed by atoms with Crippen LogP contribution in [-0.2, 0) is 23.1 Å². The average Bonchev–Trinajstić information content (AvgIpc) is 3.14. The van der Waals surface area contributed by atoms with Gasteiger partial charge in [0, 0.05) is 18.8 Å². The van der Waals surface area contributed by atoms with Crippen molar-refractivity contribution in [1.29, 1.82) is 5.26 Å². The van der Waals surface area contributed by atoms with Gasteiger partial charge in [-0.3, -0.25) is 4.98 Å². The molecule has 168 valence electrons. The Bertz CT molecular complexity index is 1540. The smallest absolute Gasteiger partial charge is 0.324 e. The number of benzene rings is 1. The molecule has 0 bridgehead atoms. The third-order valence-corrected chi connectivity index (χ3v) is 6.90. The third-order valence-electron chi connectivity index (χ3n) is 5.16. The normalized spacial score (nSPS) is 12.1. The maximum absolute atomic E-state index is 13.1. The van der Waals surface area contributed by atoms with E-state index in [0.29, 0.717) is 22.2 Å². The van der Waals surface area contributed by atoms with E-state index < -0.39 is 21.7 Å². The lowest BCUT2D eigenvalue weighted by Crippen LogP contribution is -2.09. The molecule has 0 saturated heterocycles. The van der Waals surface area contributed by atoms with Gasteiger partial charge in [0.25, 0.3) is 0 Å². The summed E-state index contributed by atoms with van der Waals surface area (Å²) >= 11 is 0. The Balaban J connectivity index is 1.95. The lowest BCUT2D eigenvalue weighted by atomic mass is 10.0. The molecule has 0 amide bonds. The van der Waals surface area contributed by atoms with Crippen molar-refractivity contribution in [3.05, 3.63) is 60.0 Å². The second kappa shape index (κ2) is 7.97. The summed E-state index contributed by atoms with van der Waals surface area (Å²) in [6, 6.07) is 10.9. The number of nitriles is 1. The first-order chi connectivity index (χ1) is 15.5. The number of sulfone groups is 1. The van der Waals surface area contributed by atoms with Gasteiger partial charge in [0.15, 0.2) is 15.7 Å². The Labute approximate surface area is 187 Å². The lowest BCUT2D eigenvalue weighted by Gasteiger charge is -2.11. The van der Waals surface area contributed by atoms with Crippen LogP contribution in [0.1, 0.15) is 18.2 Å². The van der Waals surface area contributed by atoms with Crippen molar-refractivity contribution in [2.75, 3.05) is 5.75 Å². The first-order valence-electron chi connectivity index (χ1n) is 9.68. The van der Waals surface area contributed by atoms with Gasteiger partial charge in [0.2, 0.25) is 0 Å². The highest BCUT2D eigenvalue weighted by atomic mass is 32.2. The highest BCUT2D eigenvalue weighted by Crippen LogP contribution is 2.34. The average molecular weight is 471 g/mol. The van der Waals surface area contributed by atoms with Crippen LogP contribution in [0, 0.1) is 11.3 Å². The zero-order valence-corrected chi connectivity index (χ0v) is 18.2. The molecule has 7 nitrogen and oxygen atoms in total. The molecule has 4 aromatic rings. The Kier molecular flexibility index (Phi) is 5.41.